The van der Waals surface area contributed by atoms with E-state index in [9.17, 15) is 18.0 Å². The number of hydrogen-bond acceptors (Lipinski definition) is 3. The fourth-order valence-corrected chi connectivity index (χ4v) is 2.43. The highest BCUT2D eigenvalue weighted by Gasteiger charge is 2.48. The Bertz CT molecular complexity index is 394. The van der Waals surface area contributed by atoms with E-state index < -0.39 is 29.5 Å². The second-order valence-electron chi connectivity index (χ2n) is 5.64. The Hall–Kier alpha value is -1.47. The third-order valence-corrected chi connectivity index (χ3v) is 3.71. The SMILES string of the molecule is CC(C)(NC(=O)C1CCCCC1C(F)(F)F)C(N)=NO. The van der Waals surface area contributed by atoms with Crippen LogP contribution in [0.1, 0.15) is 39.5 Å². The summed E-state index contributed by atoms with van der Waals surface area (Å²) in [5.41, 5.74) is 4.22. The van der Waals surface area contributed by atoms with Crippen molar-refractivity contribution in [2.75, 3.05) is 0 Å². The molecule has 0 spiro atoms. The minimum Gasteiger partial charge on any atom is -0.409 e. The number of nitrogens with one attached hydrogen (secondary N) is 1. The van der Waals surface area contributed by atoms with E-state index in [0.717, 1.165) is 0 Å². The molecule has 116 valence electrons. The van der Waals surface area contributed by atoms with Gasteiger partial charge in [-0.1, -0.05) is 18.0 Å². The maximum absolute atomic E-state index is 12.9. The zero-order valence-corrected chi connectivity index (χ0v) is 11.5. The zero-order valence-electron chi connectivity index (χ0n) is 11.5. The van der Waals surface area contributed by atoms with Crippen LogP contribution in [0.15, 0.2) is 5.16 Å². The van der Waals surface area contributed by atoms with E-state index in [0.29, 0.717) is 12.8 Å². The molecule has 0 bridgehead atoms. The maximum Gasteiger partial charge on any atom is 0.392 e. The Morgan fingerprint density at radius 3 is 2.35 bits per heavy atom. The predicted octanol–water partition coefficient (Wildman–Crippen LogP) is 2.00. The van der Waals surface area contributed by atoms with Gasteiger partial charge in [-0.15, -0.1) is 0 Å². The van der Waals surface area contributed by atoms with Gasteiger partial charge in [0.1, 0.15) is 0 Å². The van der Waals surface area contributed by atoms with Gasteiger partial charge < -0.3 is 16.3 Å². The molecule has 2 unspecified atom stereocenters. The van der Waals surface area contributed by atoms with Crippen molar-refractivity contribution in [3.63, 3.8) is 0 Å². The highest BCUT2D eigenvalue weighted by molar-refractivity contribution is 5.93. The van der Waals surface area contributed by atoms with Gasteiger partial charge in [0.2, 0.25) is 5.91 Å². The molecule has 0 aromatic heterocycles. The van der Waals surface area contributed by atoms with Crippen molar-refractivity contribution in [2.24, 2.45) is 22.7 Å². The smallest absolute Gasteiger partial charge is 0.392 e. The number of amidine groups is 1. The quantitative estimate of drug-likeness (QED) is 0.322. The molecule has 20 heavy (non-hydrogen) atoms. The van der Waals surface area contributed by atoms with Crippen LogP contribution in [-0.4, -0.2) is 28.7 Å². The summed E-state index contributed by atoms with van der Waals surface area (Å²) < 4.78 is 38.8. The number of nitrogens with zero attached hydrogens (tertiary/aromatic N) is 1. The van der Waals surface area contributed by atoms with E-state index in [1.54, 1.807) is 0 Å². The van der Waals surface area contributed by atoms with Gasteiger partial charge in [0, 0.05) is 5.92 Å². The van der Waals surface area contributed by atoms with E-state index in [-0.39, 0.29) is 18.7 Å². The third-order valence-electron chi connectivity index (χ3n) is 3.71. The summed E-state index contributed by atoms with van der Waals surface area (Å²) in [6, 6.07) is 0. The van der Waals surface area contributed by atoms with Crippen molar-refractivity contribution in [3.05, 3.63) is 0 Å². The summed E-state index contributed by atoms with van der Waals surface area (Å²) in [6.07, 6.45) is -3.16. The maximum atomic E-state index is 12.9. The van der Waals surface area contributed by atoms with Crippen LogP contribution >= 0.6 is 0 Å². The Labute approximate surface area is 115 Å². The molecule has 0 aromatic rings. The van der Waals surface area contributed by atoms with Gasteiger partial charge in [0.05, 0.1) is 11.5 Å². The van der Waals surface area contributed by atoms with Crippen LogP contribution in [-0.2, 0) is 4.79 Å². The van der Waals surface area contributed by atoms with Gasteiger partial charge >= 0.3 is 6.18 Å². The Morgan fingerprint density at radius 2 is 1.85 bits per heavy atom. The van der Waals surface area contributed by atoms with Gasteiger partial charge in [0.15, 0.2) is 5.84 Å². The Morgan fingerprint density at radius 1 is 1.30 bits per heavy atom. The average molecular weight is 295 g/mol. The number of carbonyl (C=O) groups is 1. The molecular formula is C12H20F3N3O2. The van der Waals surface area contributed by atoms with Crippen LogP contribution in [0.2, 0.25) is 0 Å². The van der Waals surface area contributed by atoms with E-state index >= 15 is 0 Å². The first-order valence-electron chi connectivity index (χ1n) is 6.46. The van der Waals surface area contributed by atoms with Gasteiger partial charge in [-0.05, 0) is 26.7 Å². The second kappa shape index (κ2) is 5.88. The molecule has 0 heterocycles. The molecule has 4 N–H and O–H groups in total. The molecule has 0 radical (unpaired) electrons. The normalized spacial score (nSPS) is 25.4. The summed E-state index contributed by atoms with van der Waals surface area (Å²) >= 11 is 0. The first-order valence-corrected chi connectivity index (χ1v) is 6.46. The summed E-state index contributed by atoms with van der Waals surface area (Å²) in [5.74, 6) is -3.71. The predicted molar refractivity (Wildman–Crippen MR) is 67.1 cm³/mol. The molecule has 1 amide bonds. The first kappa shape index (κ1) is 16.6. The number of halogens is 3. The summed E-state index contributed by atoms with van der Waals surface area (Å²) in [6.45, 7) is 2.93. The van der Waals surface area contributed by atoms with Crippen LogP contribution < -0.4 is 11.1 Å². The highest BCUT2D eigenvalue weighted by Crippen LogP contribution is 2.41. The largest absolute Gasteiger partial charge is 0.409 e. The lowest BCUT2D eigenvalue weighted by atomic mass is 9.78. The van der Waals surface area contributed by atoms with E-state index in [1.165, 1.54) is 13.8 Å². The average Bonchev–Trinajstić information content (AvgIpc) is 2.36. The molecule has 1 rings (SSSR count). The summed E-state index contributed by atoms with van der Waals surface area (Å²) in [4.78, 5) is 12.1. The molecule has 8 heteroatoms. The molecule has 2 atom stereocenters. The van der Waals surface area contributed by atoms with Crippen LogP contribution in [0.3, 0.4) is 0 Å². The van der Waals surface area contributed by atoms with Crippen LogP contribution in [0, 0.1) is 11.8 Å². The lowest BCUT2D eigenvalue weighted by Crippen LogP contribution is -2.56. The van der Waals surface area contributed by atoms with Crippen molar-refractivity contribution >= 4 is 11.7 Å². The van der Waals surface area contributed by atoms with Gasteiger partial charge in [-0.2, -0.15) is 13.2 Å². The monoisotopic (exact) mass is 295 g/mol. The summed E-state index contributed by atoms with van der Waals surface area (Å²) in [5, 5.41) is 13.8. The molecule has 1 aliphatic rings. The molecule has 0 aromatic carbocycles. The fourth-order valence-electron chi connectivity index (χ4n) is 2.43. The highest BCUT2D eigenvalue weighted by atomic mass is 19.4. The number of oxime groups is 1. The van der Waals surface area contributed by atoms with Crippen LogP contribution in [0.5, 0.6) is 0 Å². The van der Waals surface area contributed by atoms with Gasteiger partial charge in [-0.25, -0.2) is 0 Å². The number of amides is 1. The first-order chi connectivity index (χ1) is 9.09. The van der Waals surface area contributed by atoms with Crippen molar-refractivity contribution in [2.45, 2.75) is 51.2 Å². The van der Waals surface area contributed by atoms with Gasteiger partial charge in [0.25, 0.3) is 0 Å². The Balaban J connectivity index is 2.84. The van der Waals surface area contributed by atoms with Crippen LogP contribution in [0.4, 0.5) is 13.2 Å². The van der Waals surface area contributed by atoms with Crippen molar-refractivity contribution in [1.29, 1.82) is 0 Å². The molecule has 5 nitrogen and oxygen atoms in total. The Kier molecular flexibility index (Phi) is 4.88. The molecule has 0 saturated heterocycles. The number of carbonyl (C=O) groups excluding carboxylic acids is 1. The molecule has 1 saturated carbocycles. The number of nitrogens with two attached hydrogens (primary N) is 1. The minimum atomic E-state index is -4.39. The number of hydrogen-bond donors (Lipinski definition) is 3. The van der Waals surface area contributed by atoms with Crippen molar-refractivity contribution in [3.8, 4) is 0 Å². The van der Waals surface area contributed by atoms with Gasteiger partial charge in [-0.3, -0.25) is 4.79 Å². The third kappa shape index (κ3) is 3.77. The van der Waals surface area contributed by atoms with E-state index in [4.69, 9.17) is 10.9 Å². The topological polar surface area (TPSA) is 87.7 Å². The van der Waals surface area contributed by atoms with Crippen molar-refractivity contribution in [1.82, 2.24) is 5.32 Å². The lowest BCUT2D eigenvalue weighted by molar-refractivity contribution is -0.198. The standard InChI is InChI=1S/C12H20F3N3O2/c1-11(2,10(16)18-20)17-9(19)7-5-3-4-6-8(7)12(13,14)15/h7-8,20H,3-6H2,1-2H3,(H2,16,18)(H,17,19). The molecular weight excluding hydrogens is 275 g/mol. The second-order valence-corrected chi connectivity index (χ2v) is 5.64. The zero-order chi connectivity index (χ0) is 15.6. The van der Waals surface area contributed by atoms with Crippen molar-refractivity contribution < 1.29 is 23.2 Å². The van der Waals surface area contributed by atoms with Crippen LogP contribution in [0.25, 0.3) is 0 Å². The number of rotatable bonds is 3. The molecule has 1 aliphatic carbocycles. The number of alkyl halides is 3. The fraction of sp³-hybridized carbons (Fsp3) is 0.833. The van der Waals surface area contributed by atoms with E-state index in [2.05, 4.69) is 10.5 Å². The summed E-state index contributed by atoms with van der Waals surface area (Å²) in [7, 11) is 0. The molecule has 0 aliphatic heterocycles. The van der Waals surface area contributed by atoms with E-state index in [1.807, 2.05) is 0 Å². The molecule has 1 fully saturated rings. The lowest BCUT2D eigenvalue weighted by Gasteiger charge is -2.34. The minimum absolute atomic E-state index is 0.0361.